The molecule has 0 aromatic heterocycles. The quantitative estimate of drug-likeness (QED) is 0.864. The van der Waals surface area contributed by atoms with E-state index in [0.717, 1.165) is 12.2 Å². The van der Waals surface area contributed by atoms with E-state index in [-0.39, 0.29) is 0 Å². The Labute approximate surface area is 118 Å². The molecule has 2 aromatic rings. The third-order valence-electron chi connectivity index (χ3n) is 3.63. The van der Waals surface area contributed by atoms with Crippen LogP contribution in [-0.2, 0) is 0 Å². The van der Waals surface area contributed by atoms with Crippen LogP contribution in [0.1, 0.15) is 11.5 Å². The molecule has 2 nitrogen and oxygen atoms in total. The molecule has 19 heavy (non-hydrogen) atoms. The van der Waals surface area contributed by atoms with Gasteiger partial charge in [-0.15, -0.1) is 11.8 Å². The molecule has 98 valence electrons. The molecule has 2 N–H and O–H groups in total. The molecule has 0 bridgehead atoms. The van der Waals surface area contributed by atoms with Gasteiger partial charge in [0.15, 0.2) is 0 Å². The zero-order valence-corrected chi connectivity index (χ0v) is 11.9. The number of nitrogens with two attached hydrogens (primary N) is 1. The van der Waals surface area contributed by atoms with Crippen LogP contribution in [0.4, 0.5) is 11.4 Å². The van der Waals surface area contributed by atoms with E-state index in [4.69, 9.17) is 5.73 Å². The van der Waals surface area contributed by atoms with Gasteiger partial charge in [-0.2, -0.15) is 0 Å². The van der Waals surface area contributed by atoms with Gasteiger partial charge in [0.1, 0.15) is 0 Å². The molecule has 1 heterocycles. The van der Waals surface area contributed by atoms with Crippen molar-refractivity contribution in [2.24, 2.45) is 0 Å². The minimum absolute atomic E-state index is 0.615. The Morgan fingerprint density at radius 1 is 1.16 bits per heavy atom. The molecule has 1 atom stereocenters. The molecule has 2 aromatic carbocycles. The minimum atomic E-state index is 0.615. The third kappa shape index (κ3) is 2.56. The zero-order valence-electron chi connectivity index (χ0n) is 11.0. The lowest BCUT2D eigenvalue weighted by atomic mass is 10.0. The van der Waals surface area contributed by atoms with Crippen LogP contribution in [0.25, 0.3) is 0 Å². The van der Waals surface area contributed by atoms with Crippen LogP contribution >= 0.6 is 11.8 Å². The zero-order chi connectivity index (χ0) is 13.2. The van der Waals surface area contributed by atoms with Crippen molar-refractivity contribution in [1.29, 1.82) is 0 Å². The predicted octanol–water partition coefficient (Wildman–Crippen LogP) is 3.59. The number of fused-ring (bicyclic) bond motifs is 1. The molecule has 0 radical (unpaired) electrons. The Kier molecular flexibility index (Phi) is 3.38. The Morgan fingerprint density at radius 3 is 2.68 bits per heavy atom. The fraction of sp³-hybridized carbons (Fsp3) is 0.250. The van der Waals surface area contributed by atoms with Gasteiger partial charge < -0.3 is 10.6 Å². The lowest BCUT2D eigenvalue weighted by Crippen LogP contribution is -2.24. The molecule has 0 fully saturated rings. The van der Waals surface area contributed by atoms with E-state index in [1.807, 2.05) is 23.9 Å². The van der Waals surface area contributed by atoms with Crippen LogP contribution in [0.15, 0.2) is 53.4 Å². The number of thioether (sulfide) groups is 1. The number of nitrogens with zero attached hydrogens (tertiary/aromatic N) is 1. The summed E-state index contributed by atoms with van der Waals surface area (Å²) in [5, 5.41) is 0. The van der Waals surface area contributed by atoms with Crippen molar-refractivity contribution in [3.05, 3.63) is 54.1 Å². The first-order chi connectivity index (χ1) is 9.24. The third-order valence-corrected chi connectivity index (χ3v) is 4.88. The SMILES string of the molecule is CN(CC1CSc2ccccc21)c1ccc(N)cc1. The van der Waals surface area contributed by atoms with Gasteiger partial charge in [-0.25, -0.2) is 0 Å². The first kappa shape index (κ1) is 12.4. The van der Waals surface area contributed by atoms with E-state index in [1.165, 1.54) is 21.9 Å². The van der Waals surface area contributed by atoms with Crippen molar-refractivity contribution in [2.45, 2.75) is 10.8 Å². The fourth-order valence-electron chi connectivity index (χ4n) is 2.55. The maximum absolute atomic E-state index is 5.73. The van der Waals surface area contributed by atoms with Crippen molar-refractivity contribution in [3.63, 3.8) is 0 Å². The Hall–Kier alpha value is -1.61. The Bertz CT molecular complexity index is 565. The van der Waals surface area contributed by atoms with Crippen molar-refractivity contribution in [1.82, 2.24) is 0 Å². The van der Waals surface area contributed by atoms with Gasteiger partial charge in [0.2, 0.25) is 0 Å². The van der Waals surface area contributed by atoms with Crippen molar-refractivity contribution in [3.8, 4) is 0 Å². The fourth-order valence-corrected chi connectivity index (χ4v) is 3.79. The number of likely N-dealkylation sites (N-methyl/N-ethyl adjacent to an activating group) is 1. The second-order valence-electron chi connectivity index (χ2n) is 5.02. The van der Waals surface area contributed by atoms with Crippen LogP contribution in [-0.4, -0.2) is 19.3 Å². The van der Waals surface area contributed by atoms with E-state index >= 15 is 0 Å². The molecule has 1 aliphatic rings. The first-order valence-corrected chi connectivity index (χ1v) is 7.51. The van der Waals surface area contributed by atoms with Gasteiger partial charge in [0.25, 0.3) is 0 Å². The summed E-state index contributed by atoms with van der Waals surface area (Å²) in [6.07, 6.45) is 0. The van der Waals surface area contributed by atoms with Crippen LogP contribution in [0.3, 0.4) is 0 Å². The lowest BCUT2D eigenvalue weighted by Gasteiger charge is -2.23. The van der Waals surface area contributed by atoms with E-state index < -0.39 is 0 Å². The molecular weight excluding hydrogens is 252 g/mol. The first-order valence-electron chi connectivity index (χ1n) is 6.52. The second kappa shape index (κ2) is 5.17. The summed E-state index contributed by atoms with van der Waals surface area (Å²) < 4.78 is 0. The van der Waals surface area contributed by atoms with Crippen LogP contribution < -0.4 is 10.6 Å². The summed E-state index contributed by atoms with van der Waals surface area (Å²) in [5.74, 6) is 1.79. The molecule has 0 amide bonds. The van der Waals surface area contributed by atoms with Gasteiger partial charge in [-0.05, 0) is 35.9 Å². The largest absolute Gasteiger partial charge is 0.399 e. The lowest BCUT2D eigenvalue weighted by molar-refractivity contribution is 0.745. The summed E-state index contributed by atoms with van der Waals surface area (Å²) in [6, 6.07) is 16.8. The summed E-state index contributed by atoms with van der Waals surface area (Å²) in [4.78, 5) is 3.76. The summed E-state index contributed by atoms with van der Waals surface area (Å²) in [5.41, 5.74) is 9.27. The molecule has 1 unspecified atom stereocenters. The number of benzene rings is 2. The second-order valence-corrected chi connectivity index (χ2v) is 6.08. The maximum atomic E-state index is 5.73. The van der Waals surface area contributed by atoms with Crippen molar-refractivity contribution < 1.29 is 0 Å². The van der Waals surface area contributed by atoms with E-state index in [1.54, 1.807) is 0 Å². The van der Waals surface area contributed by atoms with Crippen LogP contribution in [0.2, 0.25) is 0 Å². The van der Waals surface area contributed by atoms with Gasteiger partial charge in [0.05, 0.1) is 0 Å². The van der Waals surface area contributed by atoms with Crippen LogP contribution in [0.5, 0.6) is 0 Å². The molecular formula is C16H18N2S. The van der Waals surface area contributed by atoms with Gasteiger partial charge in [0, 0.05) is 41.5 Å². The van der Waals surface area contributed by atoms with Crippen molar-refractivity contribution in [2.75, 3.05) is 30.0 Å². The molecule has 3 rings (SSSR count). The van der Waals surface area contributed by atoms with E-state index in [0.29, 0.717) is 5.92 Å². The number of hydrogen-bond acceptors (Lipinski definition) is 3. The molecule has 0 aliphatic carbocycles. The van der Waals surface area contributed by atoms with Crippen LogP contribution in [0, 0.1) is 0 Å². The minimum Gasteiger partial charge on any atom is -0.399 e. The molecule has 1 aliphatic heterocycles. The predicted molar refractivity (Wildman–Crippen MR) is 84.0 cm³/mol. The Balaban J connectivity index is 1.74. The average molecular weight is 270 g/mol. The number of anilines is 2. The number of nitrogen functional groups attached to an aromatic ring is 1. The highest BCUT2D eigenvalue weighted by molar-refractivity contribution is 7.99. The molecule has 0 saturated carbocycles. The normalized spacial score (nSPS) is 17.2. The highest BCUT2D eigenvalue weighted by Gasteiger charge is 2.23. The highest BCUT2D eigenvalue weighted by Crippen LogP contribution is 2.39. The summed E-state index contributed by atoms with van der Waals surface area (Å²) in [6.45, 7) is 1.05. The topological polar surface area (TPSA) is 29.3 Å². The monoisotopic (exact) mass is 270 g/mol. The van der Waals surface area contributed by atoms with Crippen molar-refractivity contribution >= 4 is 23.1 Å². The van der Waals surface area contributed by atoms with E-state index in [2.05, 4.69) is 48.3 Å². The highest BCUT2D eigenvalue weighted by atomic mass is 32.2. The number of hydrogen-bond donors (Lipinski definition) is 1. The Morgan fingerprint density at radius 2 is 1.89 bits per heavy atom. The van der Waals surface area contributed by atoms with Gasteiger partial charge in [-0.1, -0.05) is 18.2 Å². The smallest absolute Gasteiger partial charge is 0.0365 e. The maximum Gasteiger partial charge on any atom is 0.0365 e. The average Bonchev–Trinajstić information content (AvgIpc) is 2.83. The molecule has 0 saturated heterocycles. The van der Waals surface area contributed by atoms with Gasteiger partial charge in [-0.3, -0.25) is 0 Å². The summed E-state index contributed by atoms with van der Waals surface area (Å²) in [7, 11) is 2.15. The molecule has 0 spiro atoms. The standard InChI is InChI=1S/C16H18N2S/c1-18(14-8-6-13(17)7-9-14)10-12-11-19-16-5-3-2-4-15(12)16/h2-9,12H,10-11,17H2,1H3. The summed E-state index contributed by atoms with van der Waals surface area (Å²) >= 11 is 1.97. The van der Waals surface area contributed by atoms with E-state index in [9.17, 15) is 0 Å². The molecule has 3 heteroatoms. The van der Waals surface area contributed by atoms with Gasteiger partial charge >= 0.3 is 0 Å². The number of rotatable bonds is 3.